The summed E-state index contributed by atoms with van der Waals surface area (Å²) in [5, 5.41) is 13.3. The Bertz CT molecular complexity index is 803. The SMILES string of the molecule is Cc1cc2nc(Cn3cccn3)n(CC(=O)O)c2cc1C. The van der Waals surface area contributed by atoms with Crippen LogP contribution in [0.2, 0.25) is 0 Å². The second kappa shape index (κ2) is 5.05. The van der Waals surface area contributed by atoms with Crippen molar-refractivity contribution < 1.29 is 9.90 Å². The van der Waals surface area contributed by atoms with Gasteiger partial charge in [-0.3, -0.25) is 9.48 Å². The van der Waals surface area contributed by atoms with Gasteiger partial charge in [-0.05, 0) is 43.2 Å². The van der Waals surface area contributed by atoms with Gasteiger partial charge in [-0.25, -0.2) is 4.98 Å². The summed E-state index contributed by atoms with van der Waals surface area (Å²) >= 11 is 0. The Kier molecular flexibility index (Phi) is 3.21. The third kappa shape index (κ3) is 2.52. The minimum Gasteiger partial charge on any atom is -0.480 e. The number of rotatable bonds is 4. The van der Waals surface area contributed by atoms with Crippen molar-refractivity contribution in [3.05, 3.63) is 47.5 Å². The normalized spacial score (nSPS) is 11.1. The number of nitrogens with zero attached hydrogens (tertiary/aromatic N) is 4. The summed E-state index contributed by atoms with van der Waals surface area (Å²) in [5.41, 5.74) is 3.94. The Balaban J connectivity index is 2.15. The molecule has 0 saturated heterocycles. The van der Waals surface area contributed by atoms with E-state index in [9.17, 15) is 4.79 Å². The fraction of sp³-hybridized carbons (Fsp3) is 0.267. The summed E-state index contributed by atoms with van der Waals surface area (Å²) in [5.74, 6) is -0.185. The van der Waals surface area contributed by atoms with Gasteiger partial charge in [0.1, 0.15) is 12.4 Å². The standard InChI is InChI=1S/C15H16N4O2/c1-10-6-12-13(7-11(10)2)19(9-15(20)21)14(17-12)8-18-5-3-4-16-18/h3-7H,8-9H2,1-2H3,(H,20,21). The van der Waals surface area contributed by atoms with E-state index in [0.29, 0.717) is 12.4 Å². The fourth-order valence-electron chi connectivity index (χ4n) is 2.40. The van der Waals surface area contributed by atoms with Crippen LogP contribution in [-0.4, -0.2) is 30.4 Å². The van der Waals surface area contributed by atoms with Crippen LogP contribution >= 0.6 is 0 Å². The summed E-state index contributed by atoms with van der Waals surface area (Å²) < 4.78 is 3.48. The summed E-state index contributed by atoms with van der Waals surface area (Å²) in [4.78, 5) is 15.7. The van der Waals surface area contributed by atoms with E-state index in [1.807, 2.05) is 38.2 Å². The van der Waals surface area contributed by atoms with Gasteiger partial charge in [-0.15, -0.1) is 0 Å². The van der Waals surface area contributed by atoms with Crippen LogP contribution in [0.1, 0.15) is 17.0 Å². The van der Waals surface area contributed by atoms with E-state index in [1.54, 1.807) is 15.4 Å². The maximum absolute atomic E-state index is 11.1. The zero-order valence-electron chi connectivity index (χ0n) is 11.9. The van der Waals surface area contributed by atoms with Gasteiger partial charge in [0.15, 0.2) is 0 Å². The first-order chi connectivity index (χ1) is 10.0. The Morgan fingerprint density at radius 2 is 2.05 bits per heavy atom. The van der Waals surface area contributed by atoms with Crippen molar-refractivity contribution in [2.75, 3.05) is 0 Å². The van der Waals surface area contributed by atoms with Crippen LogP contribution in [0.5, 0.6) is 0 Å². The second-order valence-electron chi connectivity index (χ2n) is 5.14. The van der Waals surface area contributed by atoms with Crippen LogP contribution in [0.15, 0.2) is 30.6 Å². The third-order valence-corrected chi connectivity index (χ3v) is 3.60. The van der Waals surface area contributed by atoms with Crippen LogP contribution in [0.3, 0.4) is 0 Å². The molecule has 2 aromatic heterocycles. The predicted molar refractivity (Wildman–Crippen MR) is 78.2 cm³/mol. The molecule has 1 N–H and O–H groups in total. The maximum Gasteiger partial charge on any atom is 0.323 e. The molecule has 0 bridgehead atoms. The van der Waals surface area contributed by atoms with Gasteiger partial charge in [0.25, 0.3) is 0 Å². The van der Waals surface area contributed by atoms with E-state index in [2.05, 4.69) is 10.1 Å². The first-order valence-corrected chi connectivity index (χ1v) is 6.70. The molecule has 2 heterocycles. The van der Waals surface area contributed by atoms with Crippen molar-refractivity contribution in [3.63, 3.8) is 0 Å². The second-order valence-corrected chi connectivity index (χ2v) is 5.14. The van der Waals surface area contributed by atoms with Gasteiger partial charge in [0.2, 0.25) is 0 Å². The molecule has 0 fully saturated rings. The Labute approximate surface area is 121 Å². The van der Waals surface area contributed by atoms with Crippen molar-refractivity contribution in [1.82, 2.24) is 19.3 Å². The first-order valence-electron chi connectivity index (χ1n) is 6.70. The Morgan fingerprint density at radius 3 is 2.71 bits per heavy atom. The van der Waals surface area contributed by atoms with Crippen molar-refractivity contribution in [3.8, 4) is 0 Å². The molecular weight excluding hydrogens is 268 g/mol. The topological polar surface area (TPSA) is 72.9 Å². The molecule has 0 atom stereocenters. The van der Waals surface area contributed by atoms with E-state index in [4.69, 9.17) is 5.11 Å². The van der Waals surface area contributed by atoms with E-state index < -0.39 is 5.97 Å². The van der Waals surface area contributed by atoms with Gasteiger partial charge in [-0.2, -0.15) is 5.10 Å². The van der Waals surface area contributed by atoms with Crippen LogP contribution < -0.4 is 0 Å². The molecular formula is C15H16N4O2. The number of carboxylic acids is 1. The number of aryl methyl sites for hydroxylation is 2. The number of carboxylic acid groups (broad SMARTS) is 1. The molecule has 6 heteroatoms. The van der Waals surface area contributed by atoms with Crippen LogP contribution in [-0.2, 0) is 17.9 Å². The highest BCUT2D eigenvalue weighted by atomic mass is 16.4. The molecule has 0 aliphatic carbocycles. The molecule has 0 amide bonds. The molecule has 21 heavy (non-hydrogen) atoms. The molecule has 1 aromatic carbocycles. The minimum atomic E-state index is -0.880. The van der Waals surface area contributed by atoms with Crippen molar-refractivity contribution in [2.45, 2.75) is 26.9 Å². The highest BCUT2D eigenvalue weighted by Crippen LogP contribution is 2.21. The van der Waals surface area contributed by atoms with Gasteiger partial charge >= 0.3 is 5.97 Å². The van der Waals surface area contributed by atoms with Gasteiger partial charge in [0.05, 0.1) is 17.6 Å². The molecule has 0 spiro atoms. The number of imidazole rings is 1. The highest BCUT2D eigenvalue weighted by molar-refractivity contribution is 5.80. The number of aromatic nitrogens is 4. The molecule has 6 nitrogen and oxygen atoms in total. The third-order valence-electron chi connectivity index (χ3n) is 3.60. The van der Waals surface area contributed by atoms with Crippen LogP contribution in [0.25, 0.3) is 11.0 Å². The quantitative estimate of drug-likeness (QED) is 0.795. The summed E-state index contributed by atoms with van der Waals surface area (Å²) in [7, 11) is 0. The zero-order chi connectivity index (χ0) is 15.0. The van der Waals surface area contributed by atoms with Crippen LogP contribution in [0.4, 0.5) is 0 Å². The van der Waals surface area contributed by atoms with E-state index in [0.717, 1.165) is 22.2 Å². The Hall–Kier alpha value is -2.63. The molecule has 3 rings (SSSR count). The lowest BCUT2D eigenvalue weighted by molar-refractivity contribution is -0.137. The molecule has 0 unspecified atom stereocenters. The maximum atomic E-state index is 11.1. The number of hydrogen-bond donors (Lipinski definition) is 1. The number of fused-ring (bicyclic) bond motifs is 1. The number of hydrogen-bond acceptors (Lipinski definition) is 3. The molecule has 0 radical (unpaired) electrons. The zero-order valence-corrected chi connectivity index (χ0v) is 11.9. The Morgan fingerprint density at radius 1 is 1.29 bits per heavy atom. The van der Waals surface area contributed by atoms with E-state index in [-0.39, 0.29) is 6.54 Å². The largest absolute Gasteiger partial charge is 0.480 e. The molecule has 0 aliphatic heterocycles. The predicted octanol–water partition coefficient (Wildman–Crippen LogP) is 1.98. The lowest BCUT2D eigenvalue weighted by Crippen LogP contribution is -2.14. The molecule has 3 aromatic rings. The summed E-state index contributed by atoms with van der Waals surface area (Å²) in [6.07, 6.45) is 3.53. The number of benzene rings is 1. The highest BCUT2D eigenvalue weighted by Gasteiger charge is 2.14. The van der Waals surface area contributed by atoms with Gasteiger partial charge in [-0.1, -0.05) is 0 Å². The van der Waals surface area contributed by atoms with E-state index in [1.165, 1.54) is 0 Å². The number of aliphatic carboxylic acids is 1. The number of carbonyl (C=O) groups is 1. The summed E-state index contributed by atoms with van der Waals surface area (Å²) in [6.45, 7) is 4.39. The lowest BCUT2D eigenvalue weighted by Gasteiger charge is -2.07. The molecule has 0 aliphatic rings. The first kappa shape index (κ1) is 13.4. The van der Waals surface area contributed by atoms with Gasteiger partial charge < -0.3 is 9.67 Å². The van der Waals surface area contributed by atoms with Gasteiger partial charge in [0, 0.05) is 12.4 Å². The van der Waals surface area contributed by atoms with Crippen LogP contribution in [0, 0.1) is 13.8 Å². The minimum absolute atomic E-state index is 0.102. The average molecular weight is 284 g/mol. The lowest BCUT2D eigenvalue weighted by atomic mass is 10.1. The fourth-order valence-corrected chi connectivity index (χ4v) is 2.40. The van der Waals surface area contributed by atoms with E-state index >= 15 is 0 Å². The average Bonchev–Trinajstić information content (AvgIpc) is 3.01. The molecule has 108 valence electrons. The molecule has 0 saturated carbocycles. The van der Waals surface area contributed by atoms with Crippen molar-refractivity contribution in [2.24, 2.45) is 0 Å². The van der Waals surface area contributed by atoms with Crippen molar-refractivity contribution in [1.29, 1.82) is 0 Å². The summed E-state index contributed by atoms with van der Waals surface area (Å²) in [6, 6.07) is 5.82. The van der Waals surface area contributed by atoms with Crippen molar-refractivity contribution >= 4 is 17.0 Å². The monoisotopic (exact) mass is 284 g/mol. The smallest absolute Gasteiger partial charge is 0.323 e.